The zero-order valence-corrected chi connectivity index (χ0v) is 9.35. The number of carboxylic acids is 1. The molecule has 0 saturated carbocycles. The van der Waals surface area contributed by atoms with Gasteiger partial charge in [-0.3, -0.25) is 0 Å². The van der Waals surface area contributed by atoms with E-state index in [1.807, 2.05) is 0 Å². The topological polar surface area (TPSA) is 50.2 Å². The van der Waals surface area contributed by atoms with E-state index in [0.717, 1.165) is 0 Å². The van der Waals surface area contributed by atoms with E-state index in [1.54, 1.807) is 0 Å². The van der Waals surface area contributed by atoms with Gasteiger partial charge in [-0.2, -0.15) is 12.6 Å². The Morgan fingerprint density at radius 3 is 3.00 bits per heavy atom. The van der Waals surface area contributed by atoms with Gasteiger partial charge in [0.05, 0.1) is 11.1 Å². The van der Waals surface area contributed by atoms with Crippen LogP contribution in [0, 0.1) is 11.8 Å². The van der Waals surface area contributed by atoms with Gasteiger partial charge >= 0.3 is 5.97 Å². The Hall–Kier alpha value is -1.18. The fourth-order valence-electron chi connectivity index (χ4n) is 0.866. The predicted molar refractivity (Wildman–Crippen MR) is 61.6 cm³/mol. The first-order chi connectivity index (χ1) is 7.15. The van der Waals surface area contributed by atoms with Gasteiger partial charge in [-0.05, 0) is 6.07 Å². The second kappa shape index (κ2) is 5.64. The molecule has 5 heteroatoms. The van der Waals surface area contributed by atoms with Crippen LogP contribution in [-0.4, -0.2) is 21.8 Å². The van der Waals surface area contributed by atoms with E-state index < -0.39 is 5.97 Å². The average Bonchev–Trinajstić information content (AvgIpc) is 2.20. The summed E-state index contributed by atoms with van der Waals surface area (Å²) >= 11 is 9.75. The van der Waals surface area contributed by atoms with Crippen molar-refractivity contribution in [2.45, 2.75) is 6.42 Å². The fraction of sp³-hybridized carbons (Fsp3) is 0.200. The van der Waals surface area contributed by atoms with Crippen molar-refractivity contribution in [3.63, 3.8) is 0 Å². The SMILES string of the molecule is O=C(O)c1cnc(Cl)c(C#CCCS)c1. The molecule has 0 unspecified atom stereocenters. The summed E-state index contributed by atoms with van der Waals surface area (Å²) in [5.41, 5.74) is 0.507. The number of halogens is 1. The summed E-state index contributed by atoms with van der Waals surface area (Å²) in [7, 11) is 0. The summed E-state index contributed by atoms with van der Waals surface area (Å²) in [6.45, 7) is 0. The van der Waals surface area contributed by atoms with Gasteiger partial charge in [0.1, 0.15) is 5.15 Å². The van der Waals surface area contributed by atoms with Crippen LogP contribution in [0.1, 0.15) is 22.3 Å². The molecule has 0 saturated heterocycles. The normalized spacial score (nSPS) is 9.20. The van der Waals surface area contributed by atoms with Gasteiger partial charge in [0.2, 0.25) is 0 Å². The minimum Gasteiger partial charge on any atom is -0.478 e. The van der Waals surface area contributed by atoms with Crippen molar-refractivity contribution in [2.24, 2.45) is 0 Å². The van der Waals surface area contributed by atoms with E-state index >= 15 is 0 Å². The number of hydrogen-bond donors (Lipinski definition) is 2. The minimum atomic E-state index is -1.04. The van der Waals surface area contributed by atoms with Gasteiger partial charge in [0.25, 0.3) is 0 Å². The van der Waals surface area contributed by atoms with E-state index in [1.165, 1.54) is 12.3 Å². The van der Waals surface area contributed by atoms with Gasteiger partial charge in [-0.15, -0.1) is 0 Å². The highest BCUT2D eigenvalue weighted by atomic mass is 35.5. The molecule has 1 aromatic heterocycles. The number of hydrogen-bond acceptors (Lipinski definition) is 3. The highest BCUT2D eigenvalue weighted by molar-refractivity contribution is 7.80. The molecule has 0 aliphatic heterocycles. The first kappa shape index (κ1) is 11.9. The number of rotatable bonds is 2. The third-order valence-corrected chi connectivity index (χ3v) is 2.07. The van der Waals surface area contributed by atoms with Crippen LogP contribution in [0.5, 0.6) is 0 Å². The highest BCUT2D eigenvalue weighted by Gasteiger charge is 2.06. The standard InChI is InChI=1S/C10H8ClNO2S/c11-9-7(3-1-2-4-15)5-8(6-12-9)10(13)14/h5-6,15H,2,4H2,(H,13,14). The Morgan fingerprint density at radius 1 is 1.67 bits per heavy atom. The molecule has 1 heterocycles. The van der Waals surface area contributed by atoms with Gasteiger partial charge in [-0.25, -0.2) is 9.78 Å². The molecule has 0 fully saturated rings. The molecule has 0 aliphatic rings. The van der Waals surface area contributed by atoms with Crippen LogP contribution in [0.15, 0.2) is 12.3 Å². The lowest BCUT2D eigenvalue weighted by atomic mass is 10.2. The zero-order valence-electron chi connectivity index (χ0n) is 7.70. The van der Waals surface area contributed by atoms with Crippen LogP contribution in [0.3, 0.4) is 0 Å². The van der Waals surface area contributed by atoms with Gasteiger partial charge in [0.15, 0.2) is 0 Å². The van der Waals surface area contributed by atoms with Crippen molar-refractivity contribution in [2.75, 3.05) is 5.75 Å². The summed E-state index contributed by atoms with van der Waals surface area (Å²) in [6.07, 6.45) is 1.82. The number of nitrogens with zero attached hydrogens (tertiary/aromatic N) is 1. The molecule has 0 radical (unpaired) electrons. The van der Waals surface area contributed by atoms with Crippen LogP contribution in [0.25, 0.3) is 0 Å². The third kappa shape index (κ3) is 3.46. The number of thiol groups is 1. The first-order valence-electron chi connectivity index (χ1n) is 4.13. The summed E-state index contributed by atoms with van der Waals surface area (Å²) in [5, 5.41) is 8.94. The third-order valence-electron chi connectivity index (χ3n) is 1.55. The Labute approximate surface area is 97.9 Å². The maximum absolute atomic E-state index is 10.7. The number of pyridine rings is 1. The molecule has 0 bridgehead atoms. The highest BCUT2D eigenvalue weighted by Crippen LogP contribution is 2.13. The molecule has 0 atom stereocenters. The van der Waals surface area contributed by atoms with Gasteiger partial charge < -0.3 is 5.11 Å². The maximum atomic E-state index is 10.7. The number of carboxylic acid groups (broad SMARTS) is 1. The first-order valence-corrected chi connectivity index (χ1v) is 5.14. The van der Waals surface area contributed by atoms with E-state index in [4.69, 9.17) is 16.7 Å². The van der Waals surface area contributed by atoms with Crippen LogP contribution in [-0.2, 0) is 0 Å². The van der Waals surface area contributed by atoms with Crippen molar-refractivity contribution in [1.82, 2.24) is 4.98 Å². The van der Waals surface area contributed by atoms with Crippen molar-refractivity contribution >= 4 is 30.2 Å². The quantitative estimate of drug-likeness (QED) is 0.474. The largest absolute Gasteiger partial charge is 0.478 e. The molecule has 3 nitrogen and oxygen atoms in total. The molecule has 0 spiro atoms. The Balaban J connectivity index is 3.02. The summed E-state index contributed by atoms with van der Waals surface area (Å²) in [5.74, 6) is 5.17. The van der Waals surface area contributed by atoms with Gasteiger partial charge in [-0.1, -0.05) is 23.4 Å². The van der Waals surface area contributed by atoms with E-state index in [-0.39, 0.29) is 10.7 Å². The minimum absolute atomic E-state index is 0.0783. The Morgan fingerprint density at radius 2 is 2.40 bits per heavy atom. The lowest BCUT2D eigenvalue weighted by molar-refractivity contribution is 0.0696. The maximum Gasteiger partial charge on any atom is 0.337 e. The molecule has 1 N–H and O–H groups in total. The van der Waals surface area contributed by atoms with Crippen molar-refractivity contribution in [3.05, 3.63) is 28.5 Å². The molecule has 0 aromatic carbocycles. The smallest absolute Gasteiger partial charge is 0.337 e. The Kier molecular flexibility index (Phi) is 4.47. The second-order valence-corrected chi connectivity index (χ2v) is 3.45. The predicted octanol–water partition coefficient (Wildman–Crippen LogP) is 2.10. The van der Waals surface area contributed by atoms with E-state index in [0.29, 0.717) is 17.7 Å². The van der Waals surface area contributed by atoms with Crippen molar-refractivity contribution < 1.29 is 9.90 Å². The molecule has 0 amide bonds. The second-order valence-electron chi connectivity index (χ2n) is 2.64. The molecular formula is C10H8ClNO2S. The van der Waals surface area contributed by atoms with E-state index in [2.05, 4.69) is 29.5 Å². The summed E-state index contributed by atoms with van der Waals surface area (Å²) < 4.78 is 0. The average molecular weight is 242 g/mol. The van der Waals surface area contributed by atoms with Crippen LogP contribution in [0.2, 0.25) is 5.15 Å². The molecular weight excluding hydrogens is 234 g/mol. The van der Waals surface area contributed by atoms with Crippen molar-refractivity contribution in [3.8, 4) is 11.8 Å². The number of aromatic carboxylic acids is 1. The van der Waals surface area contributed by atoms with Crippen LogP contribution < -0.4 is 0 Å². The van der Waals surface area contributed by atoms with Crippen LogP contribution >= 0.6 is 24.2 Å². The van der Waals surface area contributed by atoms with Crippen LogP contribution in [0.4, 0.5) is 0 Å². The number of aromatic nitrogens is 1. The number of carbonyl (C=O) groups is 1. The monoisotopic (exact) mass is 241 g/mol. The fourth-order valence-corrected chi connectivity index (χ4v) is 1.13. The Bertz CT molecular complexity index is 437. The zero-order chi connectivity index (χ0) is 11.3. The lowest BCUT2D eigenvalue weighted by Gasteiger charge is -1.97. The molecule has 1 aromatic rings. The summed E-state index contributed by atoms with van der Waals surface area (Å²) in [4.78, 5) is 14.4. The van der Waals surface area contributed by atoms with E-state index in [9.17, 15) is 4.79 Å². The summed E-state index contributed by atoms with van der Waals surface area (Å²) in [6, 6.07) is 1.41. The van der Waals surface area contributed by atoms with Crippen molar-refractivity contribution in [1.29, 1.82) is 0 Å². The lowest BCUT2D eigenvalue weighted by Crippen LogP contribution is -1.98. The molecule has 1 rings (SSSR count). The van der Waals surface area contributed by atoms with Gasteiger partial charge in [0, 0.05) is 18.4 Å². The molecule has 15 heavy (non-hydrogen) atoms. The molecule has 78 valence electrons. The molecule has 0 aliphatic carbocycles.